The van der Waals surface area contributed by atoms with E-state index in [0.717, 1.165) is 15.4 Å². The van der Waals surface area contributed by atoms with Gasteiger partial charge in [0.1, 0.15) is 10.7 Å². The molecule has 0 bridgehead atoms. The van der Waals surface area contributed by atoms with Gasteiger partial charge < -0.3 is 5.73 Å². The Bertz CT molecular complexity index is 554. The third-order valence-electron chi connectivity index (χ3n) is 2.44. The van der Waals surface area contributed by atoms with Crippen molar-refractivity contribution in [2.24, 2.45) is 10.7 Å². The summed E-state index contributed by atoms with van der Waals surface area (Å²) in [5.74, 6) is 0.667. The quantitative estimate of drug-likeness (QED) is 0.710. The average molecular weight is 203 g/mol. The summed E-state index contributed by atoms with van der Waals surface area (Å²) in [4.78, 5) is 10.9. The van der Waals surface area contributed by atoms with E-state index in [1.165, 1.54) is 10.9 Å². The van der Waals surface area contributed by atoms with Crippen LogP contribution in [0.15, 0.2) is 17.1 Å². The van der Waals surface area contributed by atoms with Crippen molar-refractivity contribution in [2.45, 2.75) is 13.5 Å². The van der Waals surface area contributed by atoms with Crippen LogP contribution in [0.1, 0.15) is 16.1 Å². The predicted molar refractivity (Wildman–Crippen MR) is 58.8 cm³/mol. The summed E-state index contributed by atoms with van der Waals surface area (Å²) in [6.45, 7) is 2.72. The standard InChI is InChI=1S/C10H9N3S/c1-5-2-3-6-7-4-12-9(11)8(7)14-10(6)13-5/h2-3H,4H2,1H3,(H2,11,12). The molecule has 0 aromatic carbocycles. The summed E-state index contributed by atoms with van der Waals surface area (Å²) in [5.41, 5.74) is 8.08. The molecule has 2 N–H and O–H groups in total. The van der Waals surface area contributed by atoms with Crippen LogP contribution in [0, 0.1) is 6.92 Å². The molecule has 1 aliphatic rings. The highest BCUT2D eigenvalue weighted by molar-refractivity contribution is 7.20. The number of pyridine rings is 1. The molecular weight excluding hydrogens is 194 g/mol. The molecule has 3 heterocycles. The van der Waals surface area contributed by atoms with Crippen molar-refractivity contribution in [3.63, 3.8) is 0 Å². The lowest BCUT2D eigenvalue weighted by Crippen LogP contribution is -2.07. The van der Waals surface area contributed by atoms with Gasteiger partial charge in [0.15, 0.2) is 0 Å². The van der Waals surface area contributed by atoms with Crippen LogP contribution in [0.4, 0.5) is 0 Å². The van der Waals surface area contributed by atoms with Gasteiger partial charge in [-0.1, -0.05) is 0 Å². The van der Waals surface area contributed by atoms with E-state index in [0.29, 0.717) is 12.4 Å². The average Bonchev–Trinajstić information content (AvgIpc) is 2.66. The van der Waals surface area contributed by atoms with Gasteiger partial charge in [0.25, 0.3) is 0 Å². The Hall–Kier alpha value is -1.42. The number of fused-ring (bicyclic) bond motifs is 3. The largest absolute Gasteiger partial charge is 0.383 e. The Balaban J connectivity index is 2.39. The maximum Gasteiger partial charge on any atom is 0.136 e. The molecule has 0 amide bonds. The van der Waals surface area contributed by atoms with Gasteiger partial charge in [-0.2, -0.15) is 0 Å². The molecule has 0 atom stereocenters. The lowest BCUT2D eigenvalue weighted by Gasteiger charge is -1.93. The van der Waals surface area contributed by atoms with Crippen molar-refractivity contribution in [3.05, 3.63) is 28.3 Å². The molecule has 70 valence electrons. The fourth-order valence-corrected chi connectivity index (χ4v) is 2.87. The van der Waals surface area contributed by atoms with E-state index in [-0.39, 0.29) is 0 Å². The Labute approximate surface area is 85.3 Å². The van der Waals surface area contributed by atoms with Crippen molar-refractivity contribution in [3.8, 4) is 0 Å². The lowest BCUT2D eigenvalue weighted by atomic mass is 10.2. The number of rotatable bonds is 0. The van der Waals surface area contributed by atoms with Gasteiger partial charge in [-0.15, -0.1) is 11.3 Å². The van der Waals surface area contributed by atoms with Gasteiger partial charge in [0, 0.05) is 16.6 Å². The number of aliphatic imine (C=N–C) groups is 1. The van der Waals surface area contributed by atoms with E-state index in [1.54, 1.807) is 11.3 Å². The van der Waals surface area contributed by atoms with Gasteiger partial charge in [0.2, 0.25) is 0 Å². The number of nitrogens with zero attached hydrogens (tertiary/aromatic N) is 2. The van der Waals surface area contributed by atoms with Crippen LogP contribution in [-0.2, 0) is 6.54 Å². The van der Waals surface area contributed by atoms with Crippen molar-refractivity contribution >= 4 is 27.4 Å². The van der Waals surface area contributed by atoms with Crippen LogP contribution in [0.3, 0.4) is 0 Å². The minimum Gasteiger partial charge on any atom is -0.383 e. The first-order chi connectivity index (χ1) is 6.75. The smallest absolute Gasteiger partial charge is 0.136 e. The third-order valence-corrected chi connectivity index (χ3v) is 3.60. The highest BCUT2D eigenvalue weighted by Crippen LogP contribution is 2.33. The molecule has 0 fully saturated rings. The molecule has 14 heavy (non-hydrogen) atoms. The van der Waals surface area contributed by atoms with Gasteiger partial charge in [-0.25, -0.2) is 4.98 Å². The van der Waals surface area contributed by atoms with Crippen LogP contribution >= 0.6 is 11.3 Å². The van der Waals surface area contributed by atoms with E-state index in [9.17, 15) is 0 Å². The topological polar surface area (TPSA) is 51.3 Å². The monoisotopic (exact) mass is 203 g/mol. The first-order valence-corrected chi connectivity index (χ1v) is 5.26. The molecular formula is C10H9N3S. The zero-order valence-corrected chi connectivity index (χ0v) is 8.56. The van der Waals surface area contributed by atoms with Gasteiger partial charge in [-0.3, -0.25) is 4.99 Å². The maximum atomic E-state index is 5.78. The second-order valence-electron chi connectivity index (χ2n) is 3.42. The predicted octanol–water partition coefficient (Wildman–Crippen LogP) is 1.82. The van der Waals surface area contributed by atoms with E-state index in [2.05, 4.69) is 16.0 Å². The molecule has 2 aromatic rings. The summed E-state index contributed by atoms with van der Waals surface area (Å²) in [6.07, 6.45) is 0. The Morgan fingerprint density at radius 3 is 3.14 bits per heavy atom. The van der Waals surface area contributed by atoms with Crippen molar-refractivity contribution in [1.82, 2.24) is 4.98 Å². The fraction of sp³-hybridized carbons (Fsp3) is 0.200. The molecule has 3 nitrogen and oxygen atoms in total. The van der Waals surface area contributed by atoms with Crippen molar-refractivity contribution < 1.29 is 0 Å². The minimum absolute atomic E-state index is 0.667. The van der Waals surface area contributed by atoms with E-state index in [1.807, 2.05) is 13.0 Å². The molecule has 2 aromatic heterocycles. The number of aromatic nitrogens is 1. The SMILES string of the molecule is Cc1ccc2c3c(sc2n1)C(N)=NC3. The Morgan fingerprint density at radius 2 is 2.29 bits per heavy atom. The van der Waals surface area contributed by atoms with Crippen LogP contribution in [0.2, 0.25) is 0 Å². The zero-order valence-electron chi connectivity index (χ0n) is 7.74. The van der Waals surface area contributed by atoms with Crippen molar-refractivity contribution in [1.29, 1.82) is 0 Å². The first kappa shape index (κ1) is 7.94. The van der Waals surface area contributed by atoms with E-state index in [4.69, 9.17) is 5.73 Å². The maximum absolute atomic E-state index is 5.78. The number of aryl methyl sites for hydroxylation is 1. The number of nitrogens with two attached hydrogens (primary N) is 1. The molecule has 0 unspecified atom stereocenters. The van der Waals surface area contributed by atoms with Crippen LogP contribution in [-0.4, -0.2) is 10.8 Å². The summed E-state index contributed by atoms with van der Waals surface area (Å²) < 4.78 is 0. The number of amidine groups is 1. The zero-order chi connectivity index (χ0) is 9.71. The summed E-state index contributed by atoms with van der Waals surface area (Å²) in [5, 5.41) is 1.21. The molecule has 4 heteroatoms. The normalized spacial score (nSPS) is 14.5. The fourth-order valence-electron chi connectivity index (χ4n) is 1.72. The summed E-state index contributed by atoms with van der Waals surface area (Å²) in [6, 6.07) is 4.14. The highest BCUT2D eigenvalue weighted by Gasteiger charge is 2.19. The molecule has 0 radical (unpaired) electrons. The Morgan fingerprint density at radius 1 is 1.43 bits per heavy atom. The second kappa shape index (κ2) is 2.54. The van der Waals surface area contributed by atoms with Crippen LogP contribution < -0.4 is 5.73 Å². The molecule has 0 spiro atoms. The molecule has 1 aliphatic heterocycles. The summed E-state index contributed by atoms with van der Waals surface area (Å²) >= 11 is 1.64. The van der Waals surface area contributed by atoms with Gasteiger partial charge >= 0.3 is 0 Å². The minimum atomic E-state index is 0.667. The second-order valence-corrected chi connectivity index (χ2v) is 4.42. The third kappa shape index (κ3) is 0.915. The van der Waals surface area contributed by atoms with Crippen molar-refractivity contribution in [2.75, 3.05) is 0 Å². The Kier molecular flexibility index (Phi) is 1.44. The van der Waals surface area contributed by atoms with Crippen LogP contribution in [0.5, 0.6) is 0 Å². The number of thiophene rings is 1. The van der Waals surface area contributed by atoms with E-state index >= 15 is 0 Å². The number of hydrogen-bond donors (Lipinski definition) is 1. The molecule has 3 rings (SSSR count). The molecule has 0 aliphatic carbocycles. The number of hydrogen-bond acceptors (Lipinski definition) is 4. The summed E-state index contributed by atoms with van der Waals surface area (Å²) in [7, 11) is 0. The first-order valence-electron chi connectivity index (χ1n) is 4.45. The van der Waals surface area contributed by atoms with Gasteiger partial charge in [0.05, 0.1) is 11.4 Å². The highest BCUT2D eigenvalue weighted by atomic mass is 32.1. The van der Waals surface area contributed by atoms with Crippen LogP contribution in [0.25, 0.3) is 10.2 Å². The van der Waals surface area contributed by atoms with E-state index < -0.39 is 0 Å². The van der Waals surface area contributed by atoms with Gasteiger partial charge in [-0.05, 0) is 19.1 Å². The lowest BCUT2D eigenvalue weighted by molar-refractivity contribution is 1.12. The molecule has 0 saturated carbocycles. The molecule has 0 saturated heterocycles.